The average Bonchev–Trinajstić information content (AvgIpc) is 3.34. The van der Waals surface area contributed by atoms with Crippen LogP contribution in [0.1, 0.15) is 36.4 Å². The molecular formula is C23H30N6O7S. The van der Waals surface area contributed by atoms with E-state index in [0.29, 0.717) is 60.2 Å². The van der Waals surface area contributed by atoms with Crippen LogP contribution < -0.4 is 18.9 Å². The van der Waals surface area contributed by atoms with Gasteiger partial charge in [-0.1, -0.05) is 6.07 Å². The molecule has 0 amide bonds. The Morgan fingerprint density at radius 2 is 1.78 bits per heavy atom. The summed E-state index contributed by atoms with van der Waals surface area (Å²) in [6, 6.07) is 4.87. The van der Waals surface area contributed by atoms with Gasteiger partial charge >= 0.3 is 0 Å². The first-order chi connectivity index (χ1) is 18.0. The van der Waals surface area contributed by atoms with E-state index in [1.165, 1.54) is 19.5 Å². The van der Waals surface area contributed by atoms with Crippen molar-refractivity contribution in [3.8, 4) is 22.9 Å². The molecule has 3 atom stereocenters. The topological polar surface area (TPSA) is 149 Å². The van der Waals surface area contributed by atoms with E-state index in [4.69, 9.17) is 23.7 Å². The molecule has 0 spiro atoms. The van der Waals surface area contributed by atoms with E-state index in [9.17, 15) is 8.42 Å². The summed E-state index contributed by atoms with van der Waals surface area (Å²) in [5.74, 6) is 2.47. The zero-order valence-corrected chi connectivity index (χ0v) is 21.9. The Labute approximate surface area is 216 Å². The normalized spacial score (nSPS) is 17.4. The van der Waals surface area contributed by atoms with E-state index in [1.807, 2.05) is 10.6 Å². The molecule has 0 bridgehead atoms. The Hall–Kier alpha value is -3.33. The summed E-state index contributed by atoms with van der Waals surface area (Å²) in [7, 11) is 1.77. The first-order valence-electron chi connectivity index (χ1n) is 11.6. The van der Waals surface area contributed by atoms with E-state index in [1.54, 1.807) is 33.3 Å². The van der Waals surface area contributed by atoms with Crippen LogP contribution in [0.5, 0.6) is 17.2 Å². The van der Waals surface area contributed by atoms with Crippen LogP contribution in [0.4, 0.5) is 0 Å². The predicted molar refractivity (Wildman–Crippen MR) is 132 cm³/mol. The molecule has 1 N–H and O–H groups in total. The minimum Gasteiger partial charge on any atom is -0.494 e. The van der Waals surface area contributed by atoms with Crippen molar-refractivity contribution in [1.29, 1.82) is 0 Å². The van der Waals surface area contributed by atoms with Gasteiger partial charge in [0, 0.05) is 18.4 Å². The fraction of sp³-hybridized carbons (Fsp3) is 0.478. The number of hydrogen-bond acceptors (Lipinski definition) is 11. The van der Waals surface area contributed by atoms with Crippen LogP contribution in [0.2, 0.25) is 0 Å². The van der Waals surface area contributed by atoms with Crippen molar-refractivity contribution in [2.45, 2.75) is 31.4 Å². The van der Waals surface area contributed by atoms with Crippen LogP contribution in [0.3, 0.4) is 0 Å². The first-order valence-corrected chi connectivity index (χ1v) is 12.8. The molecule has 4 rings (SSSR count). The van der Waals surface area contributed by atoms with E-state index in [-0.39, 0.29) is 6.42 Å². The standard InChI is InChI=1S/C23H30N6O7S/c1-14(28-37(30)31)16(22-24-11-15(32-2)12-25-22)10-20-26-27-23(19-13-35-8-9-36-19)29(20)21-17(33-3)6-5-7-18(21)34-4/h5-7,11-12,14,16,19,37H,8-10,13H2,1-4H3,(H,28,30,31)/t14-,16-,19-/m1/s1. The van der Waals surface area contributed by atoms with Crippen molar-refractivity contribution < 1.29 is 32.1 Å². The molecule has 2 aromatic heterocycles. The molecule has 1 aliphatic rings. The minimum atomic E-state index is -2.87. The fourth-order valence-electron chi connectivity index (χ4n) is 4.17. The molecular weight excluding hydrogens is 504 g/mol. The molecule has 13 nitrogen and oxygen atoms in total. The minimum absolute atomic E-state index is 0.228. The molecule has 1 aliphatic heterocycles. The second kappa shape index (κ2) is 12.3. The summed E-state index contributed by atoms with van der Waals surface area (Å²) in [5.41, 5.74) is 0.585. The Morgan fingerprint density at radius 3 is 2.35 bits per heavy atom. The van der Waals surface area contributed by atoms with Crippen molar-refractivity contribution in [2.75, 3.05) is 41.2 Å². The zero-order chi connectivity index (χ0) is 26.4. The summed E-state index contributed by atoms with van der Waals surface area (Å²) in [6.45, 7) is 2.95. The van der Waals surface area contributed by atoms with Crippen LogP contribution in [0.25, 0.3) is 5.69 Å². The average molecular weight is 535 g/mol. The highest BCUT2D eigenvalue weighted by molar-refractivity contribution is 7.70. The molecule has 1 saturated heterocycles. The van der Waals surface area contributed by atoms with Crippen LogP contribution >= 0.6 is 0 Å². The van der Waals surface area contributed by atoms with Gasteiger partial charge in [0.15, 0.2) is 11.6 Å². The molecule has 14 heteroatoms. The Bertz CT molecular complexity index is 1230. The number of nitrogens with zero attached hydrogens (tertiary/aromatic N) is 5. The maximum absolute atomic E-state index is 11.5. The van der Waals surface area contributed by atoms with Gasteiger partial charge in [-0.25, -0.2) is 23.1 Å². The number of aromatic nitrogens is 5. The van der Waals surface area contributed by atoms with Crippen molar-refractivity contribution >= 4 is 10.9 Å². The summed E-state index contributed by atoms with van der Waals surface area (Å²) in [4.78, 5) is 8.83. The van der Waals surface area contributed by atoms with Gasteiger partial charge < -0.3 is 23.7 Å². The van der Waals surface area contributed by atoms with Gasteiger partial charge in [0.25, 0.3) is 0 Å². The summed E-state index contributed by atoms with van der Waals surface area (Å²) >= 11 is 0. The lowest BCUT2D eigenvalue weighted by atomic mass is 9.96. The lowest BCUT2D eigenvalue weighted by Gasteiger charge is -2.25. The van der Waals surface area contributed by atoms with Crippen LogP contribution in [-0.2, 0) is 26.8 Å². The molecule has 0 radical (unpaired) electrons. The second-order valence-corrected chi connectivity index (χ2v) is 8.99. The maximum Gasteiger partial charge on any atom is 0.201 e. The van der Waals surface area contributed by atoms with Crippen LogP contribution in [-0.4, -0.2) is 80.3 Å². The third kappa shape index (κ3) is 5.98. The zero-order valence-electron chi connectivity index (χ0n) is 21.0. The van der Waals surface area contributed by atoms with Crippen LogP contribution in [0, 0.1) is 0 Å². The number of hydrogen-bond donors (Lipinski definition) is 2. The van der Waals surface area contributed by atoms with Gasteiger partial charge in [0.1, 0.15) is 34.9 Å². The quantitative estimate of drug-likeness (QED) is 0.339. The maximum atomic E-state index is 11.5. The van der Waals surface area contributed by atoms with Crippen LogP contribution in [0.15, 0.2) is 30.6 Å². The highest BCUT2D eigenvalue weighted by atomic mass is 32.2. The number of nitrogens with one attached hydrogen (secondary N) is 1. The number of para-hydroxylation sites is 1. The molecule has 1 aromatic carbocycles. The molecule has 0 unspecified atom stereocenters. The van der Waals surface area contributed by atoms with E-state index in [2.05, 4.69) is 24.9 Å². The van der Waals surface area contributed by atoms with Gasteiger partial charge in [0.05, 0.1) is 53.5 Å². The monoisotopic (exact) mass is 534 g/mol. The van der Waals surface area contributed by atoms with Gasteiger partial charge in [-0.05, 0) is 19.1 Å². The SMILES string of the molecule is COc1cnc([C@H](Cc2nnc([C@H]3COCCO3)n2-c2c(OC)cccc2OC)[C@@H](C)N[SH](=O)=O)nc1. The number of benzene rings is 1. The molecule has 200 valence electrons. The number of rotatable bonds is 11. The van der Waals surface area contributed by atoms with Crippen molar-refractivity contribution in [2.24, 2.45) is 0 Å². The third-order valence-electron chi connectivity index (χ3n) is 6.01. The lowest BCUT2D eigenvalue weighted by Crippen LogP contribution is -2.34. The Balaban J connectivity index is 1.85. The van der Waals surface area contributed by atoms with Gasteiger partial charge in [-0.15, -0.1) is 10.2 Å². The highest BCUT2D eigenvalue weighted by Gasteiger charge is 2.32. The number of methoxy groups -OCH3 is 3. The third-order valence-corrected chi connectivity index (χ3v) is 6.63. The fourth-order valence-corrected chi connectivity index (χ4v) is 4.68. The molecule has 3 aromatic rings. The number of ether oxygens (including phenoxy) is 5. The summed E-state index contributed by atoms with van der Waals surface area (Å²) < 4.78 is 55.5. The smallest absolute Gasteiger partial charge is 0.201 e. The van der Waals surface area contributed by atoms with Crippen molar-refractivity contribution in [3.63, 3.8) is 0 Å². The van der Waals surface area contributed by atoms with E-state index >= 15 is 0 Å². The van der Waals surface area contributed by atoms with Gasteiger partial charge in [-0.2, -0.15) is 0 Å². The predicted octanol–water partition coefficient (Wildman–Crippen LogP) is 1.00. The molecule has 37 heavy (non-hydrogen) atoms. The molecule has 3 heterocycles. The highest BCUT2D eigenvalue weighted by Crippen LogP contribution is 2.37. The lowest BCUT2D eigenvalue weighted by molar-refractivity contribution is -0.0942. The molecule has 0 saturated carbocycles. The largest absolute Gasteiger partial charge is 0.494 e. The second-order valence-electron chi connectivity index (χ2n) is 8.22. The first kappa shape index (κ1) is 26.7. The molecule has 1 fully saturated rings. The molecule has 0 aliphatic carbocycles. The Morgan fingerprint density at radius 1 is 1.08 bits per heavy atom. The van der Waals surface area contributed by atoms with Gasteiger partial charge in [-0.3, -0.25) is 4.57 Å². The summed E-state index contributed by atoms with van der Waals surface area (Å²) in [6.07, 6.45) is 2.82. The Kier molecular flexibility index (Phi) is 8.87. The van der Waals surface area contributed by atoms with E-state index < -0.39 is 29.0 Å². The van der Waals surface area contributed by atoms with E-state index in [0.717, 1.165) is 0 Å². The summed E-state index contributed by atoms with van der Waals surface area (Å²) in [5, 5.41) is 8.94. The van der Waals surface area contributed by atoms with Crippen molar-refractivity contribution in [1.82, 2.24) is 29.5 Å². The number of thiol groups is 1. The van der Waals surface area contributed by atoms with Crippen molar-refractivity contribution in [3.05, 3.63) is 48.1 Å². The van der Waals surface area contributed by atoms with Gasteiger partial charge in [0.2, 0.25) is 10.9 Å².